The van der Waals surface area contributed by atoms with Crippen LogP contribution in [-0.2, 0) is 4.79 Å². The minimum absolute atomic E-state index is 0.0295. The van der Waals surface area contributed by atoms with Gasteiger partial charge in [-0.25, -0.2) is 0 Å². The lowest BCUT2D eigenvalue weighted by Crippen LogP contribution is -2.31. The van der Waals surface area contributed by atoms with Crippen molar-refractivity contribution in [3.63, 3.8) is 0 Å². The molecule has 0 bridgehead atoms. The molecule has 8 nitrogen and oxygen atoms in total. The first-order valence-corrected chi connectivity index (χ1v) is 11.0. The second-order valence-electron chi connectivity index (χ2n) is 7.31. The summed E-state index contributed by atoms with van der Waals surface area (Å²) >= 11 is 7.22. The Morgan fingerprint density at radius 3 is 2.64 bits per heavy atom. The zero-order valence-electron chi connectivity index (χ0n) is 17.4. The van der Waals surface area contributed by atoms with Crippen LogP contribution in [0, 0.1) is 6.92 Å². The number of Topliss-reactive ketones (excluding diaryl/α,β-unsaturated/α-hetero) is 1. The second-order valence-corrected chi connectivity index (χ2v) is 8.91. The van der Waals surface area contributed by atoms with Gasteiger partial charge in [-0.15, -0.1) is 10.2 Å². The van der Waals surface area contributed by atoms with Crippen molar-refractivity contribution in [2.24, 2.45) is 0 Å². The van der Waals surface area contributed by atoms with E-state index in [-0.39, 0.29) is 16.5 Å². The van der Waals surface area contributed by atoms with Crippen LogP contribution in [0.15, 0.2) is 64.3 Å². The average molecular weight is 482 g/mol. The van der Waals surface area contributed by atoms with E-state index in [4.69, 9.17) is 20.8 Å². The highest BCUT2D eigenvalue weighted by Crippen LogP contribution is 2.43. The standard InChI is InChI=1S/C23H16ClN3O5S/c1-11-25-26-23(33-11)27-18(12-6-8-14(24)9-7-12)17(20(29)22(27)30)19(28)16-10-13-4-3-5-15(31-2)21(13)32-16/h3-10,18,29H,1-2H3/t18-/m0/s1. The predicted molar refractivity (Wildman–Crippen MR) is 123 cm³/mol. The van der Waals surface area contributed by atoms with Crippen molar-refractivity contribution < 1.29 is 23.8 Å². The number of methoxy groups -OCH3 is 1. The molecule has 1 atom stereocenters. The molecular weight excluding hydrogens is 466 g/mol. The van der Waals surface area contributed by atoms with Crippen LogP contribution in [0.2, 0.25) is 5.02 Å². The summed E-state index contributed by atoms with van der Waals surface area (Å²) in [7, 11) is 1.50. The van der Waals surface area contributed by atoms with Crippen molar-refractivity contribution >= 4 is 50.7 Å². The number of hydrogen-bond donors (Lipinski definition) is 1. The fourth-order valence-electron chi connectivity index (χ4n) is 3.82. The molecule has 0 spiro atoms. The Morgan fingerprint density at radius 1 is 1.21 bits per heavy atom. The lowest BCUT2D eigenvalue weighted by atomic mass is 9.95. The third kappa shape index (κ3) is 3.46. The number of aryl methyl sites for hydroxylation is 1. The molecule has 33 heavy (non-hydrogen) atoms. The number of benzene rings is 2. The summed E-state index contributed by atoms with van der Waals surface area (Å²) < 4.78 is 11.1. The average Bonchev–Trinajstić information content (AvgIpc) is 3.50. The third-order valence-corrected chi connectivity index (χ3v) is 6.40. The molecule has 1 N–H and O–H groups in total. The fourth-order valence-corrected chi connectivity index (χ4v) is 4.66. The van der Waals surface area contributed by atoms with Crippen LogP contribution < -0.4 is 9.64 Å². The van der Waals surface area contributed by atoms with Gasteiger partial charge in [-0.2, -0.15) is 0 Å². The van der Waals surface area contributed by atoms with Crippen LogP contribution in [0.4, 0.5) is 5.13 Å². The number of furan rings is 1. The first-order chi connectivity index (χ1) is 15.9. The number of ether oxygens (including phenoxy) is 1. The molecule has 0 saturated heterocycles. The Labute approximate surface area is 196 Å². The lowest BCUT2D eigenvalue weighted by molar-refractivity contribution is -0.117. The van der Waals surface area contributed by atoms with Crippen molar-refractivity contribution in [3.8, 4) is 5.75 Å². The third-order valence-electron chi connectivity index (χ3n) is 5.31. The largest absolute Gasteiger partial charge is 0.503 e. The monoisotopic (exact) mass is 481 g/mol. The molecule has 3 heterocycles. The van der Waals surface area contributed by atoms with E-state index in [9.17, 15) is 14.7 Å². The van der Waals surface area contributed by atoms with E-state index in [2.05, 4.69) is 10.2 Å². The number of aliphatic hydroxyl groups is 1. The maximum atomic E-state index is 13.6. The van der Waals surface area contributed by atoms with Gasteiger partial charge in [-0.3, -0.25) is 14.5 Å². The van der Waals surface area contributed by atoms with Crippen molar-refractivity contribution in [2.45, 2.75) is 13.0 Å². The van der Waals surface area contributed by atoms with E-state index in [1.165, 1.54) is 23.3 Å². The van der Waals surface area contributed by atoms with Crippen molar-refractivity contribution in [3.05, 3.63) is 81.2 Å². The summed E-state index contributed by atoms with van der Waals surface area (Å²) in [5, 5.41) is 20.9. The van der Waals surface area contributed by atoms with Crippen molar-refractivity contribution in [2.75, 3.05) is 12.0 Å². The number of rotatable bonds is 5. The molecule has 2 aromatic heterocycles. The number of aromatic nitrogens is 2. The molecule has 166 valence electrons. The van der Waals surface area contributed by atoms with E-state index in [1.807, 2.05) is 0 Å². The molecule has 0 radical (unpaired) electrons. The van der Waals surface area contributed by atoms with Crippen LogP contribution in [0.3, 0.4) is 0 Å². The molecule has 10 heteroatoms. The van der Waals surface area contributed by atoms with Crippen LogP contribution in [0.5, 0.6) is 5.75 Å². The zero-order valence-corrected chi connectivity index (χ0v) is 19.0. The molecule has 1 aliphatic heterocycles. The molecule has 4 aromatic rings. The highest BCUT2D eigenvalue weighted by atomic mass is 35.5. The van der Waals surface area contributed by atoms with E-state index < -0.39 is 23.5 Å². The Bertz CT molecular complexity index is 1440. The minimum atomic E-state index is -0.940. The predicted octanol–water partition coefficient (Wildman–Crippen LogP) is 5.04. The van der Waals surface area contributed by atoms with Gasteiger partial charge >= 0.3 is 0 Å². The number of nitrogens with zero attached hydrogens (tertiary/aromatic N) is 3. The highest BCUT2D eigenvalue weighted by molar-refractivity contribution is 7.15. The smallest absolute Gasteiger partial charge is 0.296 e. The fraction of sp³-hybridized carbons (Fsp3) is 0.130. The summed E-state index contributed by atoms with van der Waals surface area (Å²) in [6, 6.07) is 12.6. The zero-order chi connectivity index (χ0) is 23.3. The number of carbonyl (C=O) groups is 2. The summed E-state index contributed by atoms with van der Waals surface area (Å²) in [4.78, 5) is 28.0. The summed E-state index contributed by atoms with van der Waals surface area (Å²) in [5.41, 5.74) is 0.849. The Hall–Kier alpha value is -3.69. The topological polar surface area (TPSA) is 106 Å². The van der Waals surface area contributed by atoms with Crippen LogP contribution in [0.25, 0.3) is 11.0 Å². The van der Waals surface area contributed by atoms with Crippen molar-refractivity contribution in [1.82, 2.24) is 10.2 Å². The molecule has 2 aromatic carbocycles. The van der Waals surface area contributed by atoms with Gasteiger partial charge in [0.2, 0.25) is 10.9 Å². The number of aliphatic hydroxyl groups excluding tert-OH is 1. The number of hydrogen-bond acceptors (Lipinski definition) is 8. The second kappa shape index (κ2) is 8.02. The van der Waals surface area contributed by atoms with Crippen LogP contribution in [0.1, 0.15) is 27.2 Å². The van der Waals surface area contributed by atoms with Crippen LogP contribution >= 0.6 is 22.9 Å². The molecular formula is C23H16ClN3O5S. The summed E-state index contributed by atoms with van der Waals surface area (Å²) in [6.07, 6.45) is 0. The summed E-state index contributed by atoms with van der Waals surface area (Å²) in [5.74, 6) is -1.60. The first-order valence-electron chi connectivity index (χ1n) is 9.82. The Balaban J connectivity index is 1.66. The van der Waals surface area contributed by atoms with Gasteiger partial charge in [0, 0.05) is 10.4 Å². The van der Waals surface area contributed by atoms with E-state index in [0.29, 0.717) is 32.3 Å². The Morgan fingerprint density at radius 2 is 1.97 bits per heavy atom. The molecule has 1 amide bonds. The maximum Gasteiger partial charge on any atom is 0.296 e. The van der Waals surface area contributed by atoms with Crippen molar-refractivity contribution in [1.29, 1.82) is 0 Å². The van der Waals surface area contributed by atoms with Gasteiger partial charge in [0.15, 0.2) is 22.9 Å². The number of anilines is 1. The summed E-state index contributed by atoms with van der Waals surface area (Å²) in [6.45, 7) is 1.75. The first kappa shape index (κ1) is 21.2. The van der Waals surface area contributed by atoms with Gasteiger partial charge in [0.1, 0.15) is 5.01 Å². The molecule has 0 unspecified atom stereocenters. The number of carbonyl (C=O) groups excluding carboxylic acids is 2. The number of halogens is 1. The highest BCUT2D eigenvalue weighted by Gasteiger charge is 2.46. The normalized spacial score (nSPS) is 16.2. The Kier molecular flexibility index (Phi) is 5.15. The number of amides is 1. The van der Waals surface area contributed by atoms with Gasteiger partial charge < -0.3 is 14.3 Å². The van der Waals surface area contributed by atoms with Gasteiger partial charge in [-0.05, 0) is 36.8 Å². The number of fused-ring (bicyclic) bond motifs is 1. The maximum absolute atomic E-state index is 13.6. The van der Waals surface area contributed by atoms with Gasteiger partial charge in [0.25, 0.3) is 5.91 Å². The molecule has 1 aliphatic rings. The quantitative estimate of drug-likeness (QED) is 0.398. The van der Waals surface area contributed by atoms with Crippen LogP contribution in [-0.4, -0.2) is 34.1 Å². The SMILES string of the molecule is COc1cccc2cc(C(=O)C3=C(O)C(=O)N(c4nnc(C)s4)[C@H]3c3ccc(Cl)cc3)oc12. The lowest BCUT2D eigenvalue weighted by Gasteiger charge is -2.23. The van der Waals surface area contributed by atoms with E-state index in [0.717, 1.165) is 0 Å². The van der Waals surface area contributed by atoms with E-state index >= 15 is 0 Å². The molecule has 0 saturated carbocycles. The van der Waals surface area contributed by atoms with Gasteiger partial charge in [-0.1, -0.05) is 47.2 Å². The van der Waals surface area contributed by atoms with E-state index in [1.54, 1.807) is 55.5 Å². The molecule has 0 aliphatic carbocycles. The number of para-hydroxylation sites is 1. The minimum Gasteiger partial charge on any atom is -0.503 e. The molecule has 0 fully saturated rings. The van der Waals surface area contributed by atoms with Gasteiger partial charge in [0.05, 0.1) is 18.7 Å². The number of ketones is 1. The molecule has 5 rings (SSSR count).